The van der Waals surface area contributed by atoms with E-state index >= 15 is 0 Å². The van der Waals surface area contributed by atoms with Gasteiger partial charge in [0.2, 0.25) is 0 Å². The van der Waals surface area contributed by atoms with E-state index in [0.717, 1.165) is 29.7 Å². The smallest absolute Gasteiger partial charge is 0.256 e. The Kier molecular flexibility index (Phi) is 7.39. The van der Waals surface area contributed by atoms with E-state index in [1.165, 1.54) is 0 Å². The molecule has 2 unspecified atom stereocenters. The molecule has 8 nitrogen and oxygen atoms in total. The largest absolute Gasteiger partial charge is 0.373 e. The van der Waals surface area contributed by atoms with E-state index in [1.54, 1.807) is 24.3 Å². The molecule has 0 aliphatic carbocycles. The highest BCUT2D eigenvalue weighted by Gasteiger charge is 2.28. The second kappa shape index (κ2) is 10.9. The van der Waals surface area contributed by atoms with Crippen LogP contribution in [-0.4, -0.2) is 41.5 Å². The van der Waals surface area contributed by atoms with E-state index < -0.39 is 0 Å². The van der Waals surface area contributed by atoms with Crippen molar-refractivity contribution >= 4 is 35.1 Å². The van der Waals surface area contributed by atoms with Crippen molar-refractivity contribution in [1.29, 1.82) is 0 Å². The number of benzene rings is 2. The number of carbonyl (C=O) groups excluding carboxylic acids is 3. The first-order valence-corrected chi connectivity index (χ1v) is 13.4. The van der Waals surface area contributed by atoms with Crippen molar-refractivity contribution in [3.63, 3.8) is 0 Å². The molecule has 3 amide bonds. The molecule has 3 aromatic rings. The number of amides is 3. The van der Waals surface area contributed by atoms with E-state index in [-0.39, 0.29) is 36.0 Å². The summed E-state index contributed by atoms with van der Waals surface area (Å²) >= 11 is 0. The van der Waals surface area contributed by atoms with Gasteiger partial charge in [-0.25, -0.2) is 0 Å². The van der Waals surface area contributed by atoms with Gasteiger partial charge in [0.25, 0.3) is 17.7 Å². The molecule has 1 fully saturated rings. The molecule has 1 aromatic heterocycles. The molecule has 0 spiro atoms. The second-order valence-corrected chi connectivity index (χ2v) is 10.4. The predicted octanol–water partition coefficient (Wildman–Crippen LogP) is 4.91. The third-order valence-corrected chi connectivity index (χ3v) is 7.51. The molecule has 3 heterocycles. The Morgan fingerprint density at radius 2 is 1.87 bits per heavy atom. The molecule has 202 valence electrons. The van der Waals surface area contributed by atoms with E-state index in [9.17, 15) is 14.4 Å². The number of aromatic nitrogens is 1. The molecule has 39 heavy (non-hydrogen) atoms. The lowest BCUT2D eigenvalue weighted by Gasteiger charge is -2.14. The van der Waals surface area contributed by atoms with Crippen LogP contribution in [0.2, 0.25) is 0 Å². The number of ether oxygens (including phenoxy) is 1. The molecule has 0 radical (unpaired) electrons. The Morgan fingerprint density at radius 1 is 1.10 bits per heavy atom. The average Bonchev–Trinajstić information content (AvgIpc) is 3.57. The molecule has 1 saturated heterocycles. The summed E-state index contributed by atoms with van der Waals surface area (Å²) in [7, 11) is 0. The van der Waals surface area contributed by atoms with Crippen molar-refractivity contribution in [2.75, 3.05) is 11.9 Å². The Balaban J connectivity index is 1.36. The van der Waals surface area contributed by atoms with Crippen LogP contribution < -0.4 is 16.0 Å². The second-order valence-electron chi connectivity index (χ2n) is 10.4. The quantitative estimate of drug-likeness (QED) is 0.328. The van der Waals surface area contributed by atoms with Gasteiger partial charge < -0.3 is 25.7 Å². The Labute approximate surface area is 228 Å². The summed E-state index contributed by atoms with van der Waals surface area (Å²) < 4.78 is 5.81. The van der Waals surface area contributed by atoms with Crippen LogP contribution in [-0.2, 0) is 9.53 Å². The SMILES string of the molecule is Cc1[nH]c(/C=C2\C(=O)Nc3ccc(C(=O)N[C@H](C)c4ccccc4)cc32)c(C)c1C(=O)NCC1CCC(C)O1. The van der Waals surface area contributed by atoms with Crippen molar-refractivity contribution < 1.29 is 19.1 Å². The van der Waals surface area contributed by atoms with Gasteiger partial charge in [0.15, 0.2) is 0 Å². The number of aryl methyl sites for hydroxylation is 1. The van der Waals surface area contributed by atoms with E-state index in [1.807, 2.05) is 58.0 Å². The van der Waals surface area contributed by atoms with E-state index in [4.69, 9.17) is 4.74 Å². The molecule has 2 aromatic carbocycles. The van der Waals surface area contributed by atoms with Gasteiger partial charge in [-0.05, 0) is 75.9 Å². The van der Waals surface area contributed by atoms with Crippen molar-refractivity contribution in [3.05, 3.63) is 87.7 Å². The lowest BCUT2D eigenvalue weighted by Crippen LogP contribution is -2.32. The van der Waals surface area contributed by atoms with E-state index in [0.29, 0.717) is 40.2 Å². The number of fused-ring (bicyclic) bond motifs is 1. The van der Waals surface area contributed by atoms with Gasteiger partial charge in [-0.3, -0.25) is 14.4 Å². The first kappa shape index (κ1) is 26.4. The third kappa shape index (κ3) is 5.52. The molecule has 0 saturated carbocycles. The molecule has 0 bridgehead atoms. The van der Waals surface area contributed by atoms with Gasteiger partial charge in [0.05, 0.1) is 29.4 Å². The number of anilines is 1. The number of hydrogen-bond acceptors (Lipinski definition) is 4. The molecule has 8 heteroatoms. The maximum Gasteiger partial charge on any atom is 0.256 e. The predicted molar refractivity (Wildman–Crippen MR) is 151 cm³/mol. The number of rotatable bonds is 7. The number of aromatic amines is 1. The fourth-order valence-corrected chi connectivity index (χ4v) is 5.31. The van der Waals surface area contributed by atoms with Crippen molar-refractivity contribution in [2.45, 2.75) is 58.8 Å². The fourth-order valence-electron chi connectivity index (χ4n) is 5.31. The molecule has 2 aliphatic rings. The summed E-state index contributed by atoms with van der Waals surface area (Å²) in [6.07, 6.45) is 3.94. The van der Waals surface area contributed by atoms with Crippen LogP contribution in [0.3, 0.4) is 0 Å². The first-order valence-electron chi connectivity index (χ1n) is 13.4. The van der Waals surface area contributed by atoms with Crippen LogP contribution in [0.1, 0.15) is 81.5 Å². The maximum atomic E-state index is 13.0. The zero-order chi connectivity index (χ0) is 27.7. The Hall–Kier alpha value is -4.17. The zero-order valence-electron chi connectivity index (χ0n) is 22.7. The minimum atomic E-state index is -0.259. The normalized spacial score (nSPS) is 20.0. The third-order valence-electron chi connectivity index (χ3n) is 7.51. The molecular formula is C31H34N4O4. The summed E-state index contributed by atoms with van der Waals surface area (Å²) in [4.78, 5) is 42.2. The fraction of sp³-hybridized carbons (Fsp3) is 0.323. The van der Waals surface area contributed by atoms with Crippen LogP contribution >= 0.6 is 0 Å². The minimum absolute atomic E-state index is 0.0332. The standard InChI is InChI=1S/C31H34N4O4/c1-17-10-12-23(39-17)16-32-31(38)28-18(2)27(33-20(28)4)15-25-24-14-22(11-13-26(24)35-30(25)37)29(36)34-19(3)21-8-6-5-7-9-21/h5-9,11,13-15,17,19,23,33H,10,12,16H2,1-4H3,(H,32,38)(H,34,36)(H,35,37)/b25-15-/t17?,19-,23?/m1/s1. The highest BCUT2D eigenvalue weighted by Crippen LogP contribution is 2.35. The number of H-pyrrole nitrogens is 1. The molecule has 2 aliphatic heterocycles. The summed E-state index contributed by atoms with van der Waals surface area (Å²) in [5, 5.41) is 8.89. The summed E-state index contributed by atoms with van der Waals surface area (Å²) in [6.45, 7) is 8.15. The van der Waals surface area contributed by atoms with Crippen LogP contribution in [0.15, 0.2) is 48.5 Å². The number of carbonyl (C=O) groups is 3. The van der Waals surface area contributed by atoms with Crippen LogP contribution in [0, 0.1) is 13.8 Å². The van der Waals surface area contributed by atoms with Crippen molar-refractivity contribution in [1.82, 2.24) is 15.6 Å². The minimum Gasteiger partial charge on any atom is -0.373 e. The molecule has 3 atom stereocenters. The zero-order valence-corrected chi connectivity index (χ0v) is 22.7. The van der Waals surface area contributed by atoms with Crippen LogP contribution in [0.4, 0.5) is 5.69 Å². The lowest BCUT2D eigenvalue weighted by atomic mass is 10.0. The topological polar surface area (TPSA) is 112 Å². The first-order chi connectivity index (χ1) is 18.7. The Morgan fingerprint density at radius 3 is 2.59 bits per heavy atom. The summed E-state index contributed by atoms with van der Waals surface area (Å²) in [6, 6.07) is 14.8. The monoisotopic (exact) mass is 526 g/mol. The van der Waals surface area contributed by atoms with Crippen LogP contribution in [0.25, 0.3) is 11.6 Å². The number of hydrogen-bond donors (Lipinski definition) is 4. The highest BCUT2D eigenvalue weighted by molar-refractivity contribution is 6.35. The van der Waals surface area contributed by atoms with Gasteiger partial charge in [-0.1, -0.05) is 30.3 Å². The van der Waals surface area contributed by atoms with E-state index in [2.05, 4.69) is 20.9 Å². The number of nitrogens with one attached hydrogen (secondary N) is 4. The summed E-state index contributed by atoms with van der Waals surface area (Å²) in [5.74, 6) is -0.651. The highest BCUT2D eigenvalue weighted by atomic mass is 16.5. The molecule has 5 rings (SSSR count). The van der Waals surface area contributed by atoms with Crippen LogP contribution in [0.5, 0.6) is 0 Å². The van der Waals surface area contributed by atoms with Crippen molar-refractivity contribution in [2.24, 2.45) is 0 Å². The van der Waals surface area contributed by atoms with Crippen molar-refractivity contribution in [3.8, 4) is 0 Å². The molecule has 4 N–H and O–H groups in total. The summed E-state index contributed by atoms with van der Waals surface area (Å²) in [5.41, 5.74) is 5.90. The Bertz CT molecular complexity index is 1460. The van der Waals surface area contributed by atoms with Gasteiger partial charge >= 0.3 is 0 Å². The van der Waals surface area contributed by atoms with Gasteiger partial charge in [0.1, 0.15) is 0 Å². The van der Waals surface area contributed by atoms with Gasteiger partial charge in [-0.15, -0.1) is 0 Å². The van der Waals surface area contributed by atoms with Gasteiger partial charge in [0, 0.05) is 34.7 Å². The average molecular weight is 527 g/mol. The van der Waals surface area contributed by atoms with Gasteiger partial charge in [-0.2, -0.15) is 0 Å². The molecular weight excluding hydrogens is 492 g/mol. The lowest BCUT2D eigenvalue weighted by molar-refractivity contribution is -0.110. The maximum absolute atomic E-state index is 13.0.